The molecule has 0 aliphatic carbocycles. The van der Waals surface area contributed by atoms with Crippen molar-refractivity contribution in [1.82, 2.24) is 14.0 Å². The van der Waals surface area contributed by atoms with Crippen LogP contribution < -0.4 is 16.0 Å². The number of hydrogen-bond donors (Lipinski definition) is 0. The summed E-state index contributed by atoms with van der Waals surface area (Å²) >= 11 is 0. The number of carbonyl (C=O) groups excluding carboxylic acids is 1. The predicted octanol–water partition coefficient (Wildman–Crippen LogP) is 2.68. The molecule has 1 atom stereocenters. The number of amides is 1. The van der Waals surface area contributed by atoms with Crippen LogP contribution in [0.3, 0.4) is 0 Å². The maximum atomic E-state index is 13.1. The molecular formula is C24H27N3O4. The summed E-state index contributed by atoms with van der Waals surface area (Å²) in [7, 11) is 1.59. The van der Waals surface area contributed by atoms with Crippen LogP contribution in [0.2, 0.25) is 0 Å². The number of nitrogens with zero attached hydrogens (tertiary/aromatic N) is 3. The van der Waals surface area contributed by atoms with Crippen molar-refractivity contribution in [3.8, 4) is 5.75 Å². The number of methoxy groups -OCH3 is 1. The maximum absolute atomic E-state index is 13.1. The Hall–Kier alpha value is -3.61. The Balaban J connectivity index is 1.84. The molecule has 0 fully saturated rings. The molecule has 0 spiro atoms. The van der Waals surface area contributed by atoms with Gasteiger partial charge < -0.3 is 9.64 Å². The van der Waals surface area contributed by atoms with Crippen molar-refractivity contribution in [3.63, 3.8) is 0 Å². The minimum Gasteiger partial charge on any atom is -0.497 e. The van der Waals surface area contributed by atoms with Gasteiger partial charge in [-0.3, -0.25) is 18.7 Å². The number of rotatable bonds is 8. The summed E-state index contributed by atoms with van der Waals surface area (Å²) in [6, 6.07) is 18.1. The third-order valence-corrected chi connectivity index (χ3v) is 5.33. The van der Waals surface area contributed by atoms with Gasteiger partial charge in [-0.1, -0.05) is 42.5 Å². The number of likely N-dealkylation sites (N-methyl/N-ethyl adjacent to an activating group) is 1. The van der Waals surface area contributed by atoms with E-state index < -0.39 is 11.2 Å². The summed E-state index contributed by atoms with van der Waals surface area (Å²) in [5.74, 6) is 0.408. The van der Waals surface area contributed by atoms with Gasteiger partial charge in [0.15, 0.2) is 0 Å². The molecule has 0 saturated heterocycles. The second-order valence-electron chi connectivity index (χ2n) is 7.27. The minimum absolute atomic E-state index is 0.237. The first-order valence-electron chi connectivity index (χ1n) is 10.2. The van der Waals surface area contributed by atoms with Crippen molar-refractivity contribution in [2.24, 2.45) is 0 Å². The van der Waals surface area contributed by atoms with Crippen molar-refractivity contribution in [1.29, 1.82) is 0 Å². The van der Waals surface area contributed by atoms with Crippen LogP contribution in [-0.4, -0.2) is 33.6 Å². The van der Waals surface area contributed by atoms with Crippen LogP contribution in [-0.2, 0) is 17.9 Å². The largest absolute Gasteiger partial charge is 0.497 e. The van der Waals surface area contributed by atoms with Gasteiger partial charge in [-0.2, -0.15) is 0 Å². The van der Waals surface area contributed by atoms with Gasteiger partial charge in [0, 0.05) is 18.8 Å². The lowest BCUT2D eigenvalue weighted by Gasteiger charge is -2.29. The topological polar surface area (TPSA) is 73.5 Å². The van der Waals surface area contributed by atoms with Crippen molar-refractivity contribution in [3.05, 3.63) is 98.8 Å². The van der Waals surface area contributed by atoms with E-state index in [0.29, 0.717) is 18.8 Å². The molecule has 0 radical (unpaired) electrons. The maximum Gasteiger partial charge on any atom is 0.331 e. The Morgan fingerprint density at radius 1 is 1.06 bits per heavy atom. The molecular weight excluding hydrogens is 394 g/mol. The molecule has 31 heavy (non-hydrogen) atoms. The van der Waals surface area contributed by atoms with Crippen LogP contribution in [0.25, 0.3) is 0 Å². The van der Waals surface area contributed by atoms with E-state index in [2.05, 4.69) is 0 Å². The van der Waals surface area contributed by atoms with Crippen molar-refractivity contribution >= 4 is 5.91 Å². The predicted molar refractivity (Wildman–Crippen MR) is 119 cm³/mol. The summed E-state index contributed by atoms with van der Waals surface area (Å²) in [4.78, 5) is 40.0. The van der Waals surface area contributed by atoms with Gasteiger partial charge in [-0.25, -0.2) is 4.79 Å². The molecule has 1 unspecified atom stereocenters. The fraction of sp³-hybridized carbons (Fsp3) is 0.292. The smallest absolute Gasteiger partial charge is 0.331 e. The number of aromatic nitrogens is 2. The Morgan fingerprint density at radius 2 is 1.81 bits per heavy atom. The summed E-state index contributed by atoms with van der Waals surface area (Å²) < 4.78 is 7.70. The molecule has 2 aromatic carbocycles. The Kier molecular flexibility index (Phi) is 7.07. The van der Waals surface area contributed by atoms with Gasteiger partial charge in [-0.15, -0.1) is 0 Å². The van der Waals surface area contributed by atoms with E-state index in [4.69, 9.17) is 4.74 Å². The number of benzene rings is 2. The van der Waals surface area contributed by atoms with E-state index in [1.165, 1.54) is 16.8 Å². The van der Waals surface area contributed by atoms with Gasteiger partial charge in [0.2, 0.25) is 5.91 Å². The first-order chi connectivity index (χ1) is 14.9. The van der Waals surface area contributed by atoms with Crippen LogP contribution in [0, 0.1) is 0 Å². The molecule has 1 heterocycles. The number of ether oxygens (including phenoxy) is 1. The number of carbonyl (C=O) groups is 1. The normalized spacial score (nSPS) is 11.7. The summed E-state index contributed by atoms with van der Waals surface area (Å²) in [6.45, 7) is 4.24. The molecule has 3 aromatic rings. The van der Waals surface area contributed by atoms with Crippen molar-refractivity contribution in [2.75, 3.05) is 13.7 Å². The zero-order valence-electron chi connectivity index (χ0n) is 18.0. The van der Waals surface area contributed by atoms with E-state index in [1.54, 1.807) is 12.0 Å². The Morgan fingerprint density at radius 3 is 2.48 bits per heavy atom. The molecule has 0 aliphatic rings. The number of hydrogen-bond acceptors (Lipinski definition) is 4. The molecule has 1 amide bonds. The summed E-state index contributed by atoms with van der Waals surface area (Å²) in [5, 5.41) is 0. The molecule has 7 nitrogen and oxygen atoms in total. The zero-order valence-corrected chi connectivity index (χ0v) is 18.0. The highest BCUT2D eigenvalue weighted by Gasteiger charge is 2.22. The van der Waals surface area contributed by atoms with Crippen LogP contribution in [0.15, 0.2) is 76.4 Å². The van der Waals surface area contributed by atoms with Crippen LogP contribution in [0.1, 0.15) is 31.0 Å². The van der Waals surface area contributed by atoms with Crippen LogP contribution in [0.4, 0.5) is 0 Å². The van der Waals surface area contributed by atoms with E-state index in [9.17, 15) is 14.4 Å². The average Bonchev–Trinajstić information content (AvgIpc) is 2.79. The lowest BCUT2D eigenvalue weighted by atomic mass is 10.1. The van der Waals surface area contributed by atoms with Gasteiger partial charge in [-0.05, 0) is 37.1 Å². The van der Waals surface area contributed by atoms with E-state index in [0.717, 1.165) is 15.7 Å². The lowest BCUT2D eigenvalue weighted by molar-refractivity contribution is -0.133. The first-order valence-corrected chi connectivity index (χ1v) is 10.2. The average molecular weight is 421 g/mol. The third kappa shape index (κ3) is 5.12. The Bertz CT molecular complexity index is 1150. The minimum atomic E-state index is -0.505. The molecule has 0 saturated carbocycles. The highest BCUT2D eigenvalue weighted by molar-refractivity contribution is 5.76. The molecule has 162 valence electrons. The van der Waals surface area contributed by atoms with Crippen molar-refractivity contribution < 1.29 is 9.53 Å². The van der Waals surface area contributed by atoms with Gasteiger partial charge >= 0.3 is 5.69 Å². The summed E-state index contributed by atoms with van der Waals surface area (Å²) in [5.41, 5.74) is 0.849. The second-order valence-corrected chi connectivity index (χ2v) is 7.27. The Labute approximate surface area is 181 Å². The van der Waals surface area contributed by atoms with Crippen molar-refractivity contribution in [2.45, 2.75) is 33.0 Å². The molecule has 1 aromatic heterocycles. The zero-order chi connectivity index (χ0) is 22.4. The van der Waals surface area contributed by atoms with E-state index in [1.807, 2.05) is 68.4 Å². The van der Waals surface area contributed by atoms with E-state index >= 15 is 0 Å². The van der Waals surface area contributed by atoms with E-state index in [-0.39, 0.29) is 18.5 Å². The monoisotopic (exact) mass is 421 g/mol. The van der Waals surface area contributed by atoms with Gasteiger partial charge in [0.05, 0.1) is 19.7 Å². The van der Waals surface area contributed by atoms with Gasteiger partial charge in [0.25, 0.3) is 5.56 Å². The molecule has 0 bridgehead atoms. The fourth-order valence-corrected chi connectivity index (χ4v) is 3.58. The van der Waals surface area contributed by atoms with Crippen LogP contribution in [0.5, 0.6) is 5.75 Å². The summed E-state index contributed by atoms with van der Waals surface area (Å²) in [6.07, 6.45) is 1.47. The molecule has 3 rings (SSSR count). The second kappa shape index (κ2) is 9.93. The fourth-order valence-electron chi connectivity index (χ4n) is 3.58. The molecule has 0 aliphatic heterocycles. The molecule has 0 N–H and O–H groups in total. The highest BCUT2D eigenvalue weighted by Crippen LogP contribution is 2.24. The van der Waals surface area contributed by atoms with Crippen LogP contribution >= 0.6 is 0 Å². The lowest BCUT2D eigenvalue weighted by Crippen LogP contribution is -2.44. The quantitative estimate of drug-likeness (QED) is 0.561. The third-order valence-electron chi connectivity index (χ3n) is 5.33. The highest BCUT2D eigenvalue weighted by atomic mass is 16.5. The molecule has 7 heteroatoms. The van der Waals surface area contributed by atoms with Gasteiger partial charge in [0.1, 0.15) is 12.3 Å². The SMILES string of the molecule is CCN(C(=O)Cn1c(=O)ccn(Cc2ccccc2)c1=O)C(C)c1cccc(OC)c1. The first kappa shape index (κ1) is 22.1. The standard InChI is InChI=1S/C24H27N3O4/c1-4-26(18(2)20-11-8-12-21(15-20)31-3)23(29)17-27-22(28)13-14-25(24(27)30)16-19-9-6-5-7-10-19/h5-15,18H,4,16-17H2,1-3H3.